The van der Waals surface area contributed by atoms with Gasteiger partial charge in [-0.1, -0.05) is 27.7 Å². The van der Waals surface area contributed by atoms with Gasteiger partial charge in [-0.2, -0.15) is 0 Å². The highest BCUT2D eigenvalue weighted by Gasteiger charge is 2.28. The molecule has 5 nitrogen and oxygen atoms in total. The Labute approximate surface area is 114 Å². The Balaban J connectivity index is 1.89. The van der Waals surface area contributed by atoms with Crippen LogP contribution in [0.1, 0.15) is 39.1 Å². The quantitative estimate of drug-likeness (QED) is 0.766. The Hall–Kier alpha value is -1.36. The second kappa shape index (κ2) is 5.33. The van der Waals surface area contributed by atoms with E-state index in [2.05, 4.69) is 48.3 Å². The van der Waals surface area contributed by atoms with Crippen LogP contribution in [0.3, 0.4) is 0 Å². The number of rotatable bonds is 4. The normalized spacial score (nSPS) is 19.3. The molecule has 3 N–H and O–H groups in total. The molecule has 0 bridgehead atoms. The van der Waals surface area contributed by atoms with E-state index in [1.165, 1.54) is 0 Å². The highest BCUT2D eigenvalue weighted by atomic mass is 16.2. The average Bonchev–Trinajstić information content (AvgIpc) is 2.82. The van der Waals surface area contributed by atoms with Crippen molar-refractivity contribution in [2.75, 3.05) is 6.54 Å². The van der Waals surface area contributed by atoms with Gasteiger partial charge in [0.1, 0.15) is 0 Å². The van der Waals surface area contributed by atoms with Crippen molar-refractivity contribution in [2.24, 2.45) is 11.3 Å². The number of carbonyl (C=O) groups excluding carboxylic acids is 1. The van der Waals surface area contributed by atoms with E-state index in [0.29, 0.717) is 25.4 Å². The van der Waals surface area contributed by atoms with Crippen molar-refractivity contribution in [3.8, 4) is 0 Å². The van der Waals surface area contributed by atoms with E-state index in [1.807, 2.05) is 0 Å². The van der Waals surface area contributed by atoms with Gasteiger partial charge in [-0.25, -0.2) is 4.98 Å². The number of carbonyl (C=O) groups is 1. The molecule has 5 heteroatoms. The molecule has 0 spiro atoms. The lowest BCUT2D eigenvalue weighted by molar-refractivity contribution is -0.123. The number of aromatic nitrogens is 2. The second-order valence-corrected chi connectivity index (χ2v) is 6.33. The van der Waals surface area contributed by atoms with Crippen LogP contribution in [0, 0.1) is 11.3 Å². The average molecular weight is 264 g/mol. The van der Waals surface area contributed by atoms with Gasteiger partial charge in [0.15, 0.2) is 0 Å². The van der Waals surface area contributed by atoms with Gasteiger partial charge in [-0.15, -0.1) is 0 Å². The summed E-state index contributed by atoms with van der Waals surface area (Å²) in [5.41, 5.74) is 2.20. The van der Waals surface area contributed by atoms with E-state index in [4.69, 9.17) is 0 Å². The van der Waals surface area contributed by atoms with Crippen LogP contribution in [-0.2, 0) is 17.8 Å². The van der Waals surface area contributed by atoms with Gasteiger partial charge in [-0.3, -0.25) is 10.1 Å². The third kappa shape index (κ3) is 3.15. The van der Waals surface area contributed by atoms with Crippen LogP contribution >= 0.6 is 0 Å². The predicted molar refractivity (Wildman–Crippen MR) is 74.5 cm³/mol. The van der Waals surface area contributed by atoms with Crippen molar-refractivity contribution in [2.45, 2.75) is 46.7 Å². The van der Waals surface area contributed by atoms with Gasteiger partial charge in [0.25, 0.3) is 0 Å². The molecule has 2 rings (SSSR count). The Kier molecular flexibility index (Phi) is 3.94. The third-order valence-electron chi connectivity index (χ3n) is 4.33. The molecule has 0 saturated heterocycles. The molecule has 1 aliphatic rings. The number of imidazole rings is 1. The van der Waals surface area contributed by atoms with E-state index in [9.17, 15) is 4.79 Å². The zero-order chi connectivity index (χ0) is 14.0. The summed E-state index contributed by atoms with van der Waals surface area (Å²) in [4.78, 5) is 19.5. The number of fused-ring (bicyclic) bond motifs is 1. The molecule has 19 heavy (non-hydrogen) atoms. The SMILES string of the molecule is CC(C)C(C)(C)CNC(=O)C1Cc2nc[nH]c2CN1. The fraction of sp³-hybridized carbons (Fsp3) is 0.714. The fourth-order valence-electron chi connectivity index (χ4n) is 2.00. The molecule has 1 aromatic heterocycles. The van der Waals surface area contributed by atoms with E-state index >= 15 is 0 Å². The van der Waals surface area contributed by atoms with Crippen LogP contribution in [0.15, 0.2) is 6.33 Å². The van der Waals surface area contributed by atoms with Crippen molar-refractivity contribution >= 4 is 5.91 Å². The van der Waals surface area contributed by atoms with E-state index < -0.39 is 0 Å². The number of nitrogens with zero attached hydrogens (tertiary/aromatic N) is 1. The first-order valence-corrected chi connectivity index (χ1v) is 6.92. The predicted octanol–water partition coefficient (Wildman–Crippen LogP) is 1.22. The van der Waals surface area contributed by atoms with Gasteiger partial charge in [0.05, 0.1) is 23.8 Å². The molecule has 1 aromatic rings. The molecule has 0 radical (unpaired) electrons. The molecular weight excluding hydrogens is 240 g/mol. The Morgan fingerprint density at radius 2 is 2.32 bits per heavy atom. The highest BCUT2D eigenvalue weighted by Crippen LogP contribution is 2.24. The maximum Gasteiger partial charge on any atom is 0.237 e. The van der Waals surface area contributed by atoms with Crippen LogP contribution in [0.4, 0.5) is 0 Å². The number of amides is 1. The van der Waals surface area contributed by atoms with Crippen molar-refractivity contribution in [3.05, 3.63) is 17.7 Å². The van der Waals surface area contributed by atoms with Crippen LogP contribution < -0.4 is 10.6 Å². The Morgan fingerprint density at radius 1 is 1.58 bits per heavy atom. The summed E-state index contributed by atoms with van der Waals surface area (Å²) in [6, 6.07) is -0.168. The molecule has 1 amide bonds. The van der Waals surface area contributed by atoms with Crippen LogP contribution in [0.5, 0.6) is 0 Å². The standard InChI is InChI=1S/C14H24N4O/c1-9(2)14(3,4)7-16-13(19)11-5-10-12(6-15-11)18-8-17-10/h8-9,11,15H,5-7H2,1-4H3,(H,16,19)(H,17,18). The lowest BCUT2D eigenvalue weighted by Crippen LogP contribution is -2.50. The van der Waals surface area contributed by atoms with Gasteiger partial charge in [-0.05, 0) is 11.3 Å². The molecule has 0 fully saturated rings. The van der Waals surface area contributed by atoms with Gasteiger partial charge in [0.2, 0.25) is 5.91 Å². The fourth-order valence-corrected chi connectivity index (χ4v) is 2.00. The lowest BCUT2D eigenvalue weighted by Gasteiger charge is -2.31. The summed E-state index contributed by atoms with van der Waals surface area (Å²) < 4.78 is 0. The summed E-state index contributed by atoms with van der Waals surface area (Å²) in [7, 11) is 0. The molecule has 1 atom stereocenters. The Bertz CT molecular complexity index is 450. The third-order valence-corrected chi connectivity index (χ3v) is 4.33. The van der Waals surface area contributed by atoms with Gasteiger partial charge >= 0.3 is 0 Å². The van der Waals surface area contributed by atoms with Crippen LogP contribution in [0.25, 0.3) is 0 Å². The summed E-state index contributed by atoms with van der Waals surface area (Å²) in [5, 5.41) is 6.30. The number of nitrogens with one attached hydrogen (secondary N) is 3. The van der Waals surface area contributed by atoms with Crippen molar-refractivity contribution < 1.29 is 4.79 Å². The molecule has 0 aromatic carbocycles. The zero-order valence-electron chi connectivity index (χ0n) is 12.2. The lowest BCUT2D eigenvalue weighted by atomic mass is 9.81. The largest absolute Gasteiger partial charge is 0.354 e. The molecule has 2 heterocycles. The first-order chi connectivity index (χ1) is 8.90. The van der Waals surface area contributed by atoms with Crippen molar-refractivity contribution in [3.63, 3.8) is 0 Å². The minimum absolute atomic E-state index is 0.0716. The second-order valence-electron chi connectivity index (χ2n) is 6.33. The smallest absolute Gasteiger partial charge is 0.237 e. The van der Waals surface area contributed by atoms with Crippen molar-refractivity contribution in [1.29, 1.82) is 0 Å². The molecule has 1 aliphatic heterocycles. The first kappa shape index (κ1) is 14.1. The van der Waals surface area contributed by atoms with E-state index in [1.54, 1.807) is 6.33 Å². The maximum absolute atomic E-state index is 12.2. The van der Waals surface area contributed by atoms with Crippen LogP contribution in [-0.4, -0.2) is 28.5 Å². The van der Waals surface area contributed by atoms with Gasteiger partial charge in [0, 0.05) is 19.5 Å². The minimum Gasteiger partial charge on any atom is -0.354 e. The number of H-pyrrole nitrogens is 1. The zero-order valence-corrected chi connectivity index (χ0v) is 12.2. The highest BCUT2D eigenvalue weighted by molar-refractivity contribution is 5.82. The number of hydrogen-bond acceptors (Lipinski definition) is 3. The van der Waals surface area contributed by atoms with Crippen molar-refractivity contribution in [1.82, 2.24) is 20.6 Å². The van der Waals surface area contributed by atoms with Gasteiger partial charge < -0.3 is 10.3 Å². The van der Waals surface area contributed by atoms with E-state index in [-0.39, 0.29) is 17.4 Å². The summed E-state index contributed by atoms with van der Waals surface area (Å²) in [5.74, 6) is 0.604. The monoisotopic (exact) mass is 264 g/mol. The number of aromatic amines is 1. The Morgan fingerprint density at radius 3 is 3.00 bits per heavy atom. The molecule has 1 unspecified atom stereocenters. The molecule has 0 saturated carbocycles. The topological polar surface area (TPSA) is 69.8 Å². The maximum atomic E-state index is 12.2. The summed E-state index contributed by atoms with van der Waals surface area (Å²) >= 11 is 0. The molecule has 0 aliphatic carbocycles. The number of hydrogen-bond donors (Lipinski definition) is 3. The molecule has 106 valence electrons. The van der Waals surface area contributed by atoms with E-state index in [0.717, 1.165) is 11.4 Å². The van der Waals surface area contributed by atoms with Crippen LogP contribution in [0.2, 0.25) is 0 Å². The minimum atomic E-state index is -0.168. The summed E-state index contributed by atoms with van der Waals surface area (Å²) in [6.45, 7) is 10.1. The first-order valence-electron chi connectivity index (χ1n) is 6.92. The molecular formula is C14H24N4O. The summed E-state index contributed by atoms with van der Waals surface area (Å²) in [6.07, 6.45) is 2.35.